The van der Waals surface area contributed by atoms with Gasteiger partial charge in [0.15, 0.2) is 12.2 Å². The summed E-state index contributed by atoms with van der Waals surface area (Å²) in [7, 11) is -9.90. The van der Waals surface area contributed by atoms with Gasteiger partial charge in [0.05, 0.1) is 26.4 Å². The summed E-state index contributed by atoms with van der Waals surface area (Å²) in [4.78, 5) is 72.5. The number of esters is 4. The molecule has 0 rings (SSSR count). The summed E-state index contributed by atoms with van der Waals surface area (Å²) in [5.74, 6) is -1.30. The van der Waals surface area contributed by atoms with Crippen LogP contribution in [-0.2, 0) is 65.4 Å². The van der Waals surface area contributed by atoms with Crippen molar-refractivity contribution in [2.45, 2.75) is 400 Å². The van der Waals surface area contributed by atoms with Crippen LogP contribution in [0.2, 0.25) is 0 Å². The molecule has 19 heteroatoms. The molecule has 546 valence electrons. The SMILES string of the molecule is CCCCCCCCCCCCCCCC(=O)OC[C@H](COP(=O)(O)OC[C@@H](O)COP(=O)(O)OC[C@@H](COC(=O)CCCCCCCCCCC)OC(=O)CCCCCCCCCCC)OC(=O)CCCCCCCCCCCCCCCCCCCCC(C)C. The van der Waals surface area contributed by atoms with E-state index in [4.69, 9.17) is 37.0 Å². The molecule has 92 heavy (non-hydrogen) atoms. The third-order valence-electron chi connectivity index (χ3n) is 17.0. The van der Waals surface area contributed by atoms with Crippen LogP contribution in [0.25, 0.3) is 0 Å². The van der Waals surface area contributed by atoms with Crippen LogP contribution in [0.3, 0.4) is 0 Å². The molecule has 0 aliphatic carbocycles. The van der Waals surface area contributed by atoms with E-state index in [0.29, 0.717) is 25.7 Å². The minimum atomic E-state index is -4.95. The predicted molar refractivity (Wildman–Crippen MR) is 372 cm³/mol. The molecule has 3 N–H and O–H groups in total. The Hall–Kier alpha value is -1.94. The third-order valence-corrected chi connectivity index (χ3v) is 18.9. The maximum atomic E-state index is 13.1. The van der Waals surface area contributed by atoms with Gasteiger partial charge < -0.3 is 33.8 Å². The first-order valence-electron chi connectivity index (χ1n) is 38.1. The maximum absolute atomic E-state index is 13.1. The average Bonchev–Trinajstić information content (AvgIpc) is 2.18. The monoisotopic (exact) mass is 1350 g/mol. The van der Waals surface area contributed by atoms with Crippen molar-refractivity contribution in [2.24, 2.45) is 5.92 Å². The number of hydrogen-bond donors (Lipinski definition) is 3. The summed E-state index contributed by atoms with van der Waals surface area (Å²) < 4.78 is 68.3. The molecule has 17 nitrogen and oxygen atoms in total. The molecule has 0 aliphatic rings. The number of aliphatic hydroxyl groups excluding tert-OH is 1. The molecule has 0 spiro atoms. The van der Waals surface area contributed by atoms with Crippen molar-refractivity contribution in [3.63, 3.8) is 0 Å². The molecule has 0 saturated heterocycles. The van der Waals surface area contributed by atoms with Gasteiger partial charge in [-0.3, -0.25) is 37.3 Å². The fourth-order valence-electron chi connectivity index (χ4n) is 11.2. The lowest BCUT2D eigenvalue weighted by Gasteiger charge is -2.21. The van der Waals surface area contributed by atoms with Crippen LogP contribution in [0, 0.1) is 5.92 Å². The van der Waals surface area contributed by atoms with E-state index in [2.05, 4.69) is 34.6 Å². The van der Waals surface area contributed by atoms with Gasteiger partial charge in [-0.2, -0.15) is 0 Å². The van der Waals surface area contributed by atoms with Gasteiger partial charge in [-0.05, 0) is 31.6 Å². The molecule has 0 saturated carbocycles. The van der Waals surface area contributed by atoms with Gasteiger partial charge in [-0.25, -0.2) is 9.13 Å². The number of phosphoric ester groups is 2. The number of carbonyl (C=O) groups excluding carboxylic acids is 4. The molecule has 2 unspecified atom stereocenters. The second-order valence-corrected chi connectivity index (χ2v) is 29.7. The Morgan fingerprint density at radius 1 is 0.293 bits per heavy atom. The van der Waals surface area contributed by atoms with E-state index in [1.807, 2.05) is 0 Å². The summed E-state index contributed by atoms with van der Waals surface area (Å²) in [6.45, 7) is 7.27. The highest BCUT2D eigenvalue weighted by atomic mass is 31.2. The van der Waals surface area contributed by atoms with E-state index in [0.717, 1.165) is 95.8 Å². The second kappa shape index (κ2) is 66.3. The van der Waals surface area contributed by atoms with Crippen molar-refractivity contribution in [3.05, 3.63) is 0 Å². The highest BCUT2D eigenvalue weighted by Crippen LogP contribution is 2.45. The lowest BCUT2D eigenvalue weighted by Crippen LogP contribution is -2.30. The quantitative estimate of drug-likeness (QED) is 0.0222. The molecule has 0 heterocycles. The normalized spacial score (nSPS) is 14.0. The molecule has 0 radical (unpaired) electrons. The van der Waals surface area contributed by atoms with Crippen molar-refractivity contribution < 1.29 is 80.2 Å². The Labute approximate surface area is 562 Å². The first kappa shape index (κ1) is 90.1. The largest absolute Gasteiger partial charge is 0.472 e. The smallest absolute Gasteiger partial charge is 0.462 e. The van der Waals surface area contributed by atoms with Gasteiger partial charge in [0.25, 0.3) is 0 Å². The van der Waals surface area contributed by atoms with Crippen molar-refractivity contribution in [3.8, 4) is 0 Å². The van der Waals surface area contributed by atoms with Crippen molar-refractivity contribution >= 4 is 39.5 Å². The van der Waals surface area contributed by atoms with Gasteiger partial charge in [-0.15, -0.1) is 0 Å². The Balaban J connectivity index is 5.16. The van der Waals surface area contributed by atoms with E-state index in [1.54, 1.807) is 0 Å². The Bertz CT molecular complexity index is 1770. The highest BCUT2D eigenvalue weighted by Gasteiger charge is 2.30. The van der Waals surface area contributed by atoms with Crippen LogP contribution in [0.15, 0.2) is 0 Å². The number of unbranched alkanes of at least 4 members (excludes halogenated alkanes) is 45. The molecule has 5 atom stereocenters. The van der Waals surface area contributed by atoms with E-state index in [9.17, 15) is 43.2 Å². The number of phosphoric acid groups is 2. The first-order valence-corrected chi connectivity index (χ1v) is 41.1. The summed E-state index contributed by atoms with van der Waals surface area (Å²) in [6.07, 6.45) is 54.2. The zero-order valence-electron chi connectivity index (χ0n) is 59.7. The Kier molecular flexibility index (Phi) is 64.9. The lowest BCUT2D eigenvalue weighted by atomic mass is 10.0. The molecule has 0 aromatic carbocycles. The Morgan fingerprint density at radius 3 is 0.739 bits per heavy atom. The molecule has 0 aromatic rings. The van der Waals surface area contributed by atoms with Gasteiger partial charge in [0, 0.05) is 25.7 Å². The van der Waals surface area contributed by atoms with Crippen LogP contribution < -0.4 is 0 Å². The number of hydrogen-bond acceptors (Lipinski definition) is 15. The molecule has 0 bridgehead atoms. The van der Waals surface area contributed by atoms with Gasteiger partial charge in [0.2, 0.25) is 0 Å². The summed E-state index contributed by atoms with van der Waals surface area (Å²) in [5.41, 5.74) is 0. The first-order chi connectivity index (χ1) is 44.5. The Morgan fingerprint density at radius 2 is 0.500 bits per heavy atom. The van der Waals surface area contributed by atoms with Crippen LogP contribution in [-0.4, -0.2) is 96.7 Å². The van der Waals surface area contributed by atoms with Gasteiger partial charge in [-0.1, -0.05) is 330 Å². The molecule has 0 aromatic heterocycles. The van der Waals surface area contributed by atoms with E-state index < -0.39 is 97.5 Å². The zero-order chi connectivity index (χ0) is 67.7. The minimum absolute atomic E-state index is 0.106. The fourth-order valence-corrected chi connectivity index (χ4v) is 12.8. The predicted octanol–water partition coefficient (Wildman–Crippen LogP) is 21.3. The van der Waals surface area contributed by atoms with Gasteiger partial charge in [0.1, 0.15) is 19.3 Å². The standard InChI is InChI=1S/C73H142O17P2/c1-6-9-12-15-18-21-22-29-33-38-42-47-52-57-71(76)84-63-69(90-73(78)59-54-49-44-39-34-31-28-26-24-23-25-27-30-32-37-40-45-50-55-66(4)5)65-88-92(81,82)86-61-67(74)60-85-91(79,80)87-64-68(89-72(77)58-53-48-43-36-20-17-14-11-8-3)62-83-70(75)56-51-46-41-35-19-16-13-10-7-2/h66-69,74H,6-65H2,1-5H3,(H,79,80)(H,81,82)/t67-,68+,69+/m0/s1. The van der Waals surface area contributed by atoms with Gasteiger partial charge >= 0.3 is 39.5 Å². The summed E-state index contributed by atoms with van der Waals surface area (Å²) >= 11 is 0. The average molecular weight is 1350 g/mol. The minimum Gasteiger partial charge on any atom is -0.462 e. The number of ether oxygens (including phenoxy) is 4. The fraction of sp³-hybridized carbons (Fsp3) is 0.945. The molecule has 0 aliphatic heterocycles. The van der Waals surface area contributed by atoms with Crippen LogP contribution in [0.5, 0.6) is 0 Å². The van der Waals surface area contributed by atoms with E-state index >= 15 is 0 Å². The highest BCUT2D eigenvalue weighted by molar-refractivity contribution is 7.47. The number of rotatable bonds is 73. The maximum Gasteiger partial charge on any atom is 0.472 e. The van der Waals surface area contributed by atoms with E-state index in [-0.39, 0.29) is 25.7 Å². The second-order valence-electron chi connectivity index (χ2n) is 26.8. The van der Waals surface area contributed by atoms with Crippen LogP contribution >= 0.6 is 15.6 Å². The van der Waals surface area contributed by atoms with Crippen LogP contribution in [0.4, 0.5) is 0 Å². The zero-order valence-corrected chi connectivity index (χ0v) is 61.5. The summed E-state index contributed by atoms with van der Waals surface area (Å²) in [6, 6.07) is 0. The van der Waals surface area contributed by atoms with E-state index in [1.165, 1.54) is 205 Å². The third kappa shape index (κ3) is 66.7. The number of aliphatic hydroxyl groups is 1. The molecule has 0 fully saturated rings. The molecular formula is C73H142O17P2. The molecule has 0 amide bonds. The topological polar surface area (TPSA) is 237 Å². The summed E-state index contributed by atoms with van der Waals surface area (Å²) in [5, 5.41) is 10.6. The molecular weight excluding hydrogens is 1210 g/mol. The van der Waals surface area contributed by atoms with Crippen molar-refractivity contribution in [2.75, 3.05) is 39.6 Å². The van der Waals surface area contributed by atoms with Crippen molar-refractivity contribution in [1.82, 2.24) is 0 Å². The van der Waals surface area contributed by atoms with Crippen molar-refractivity contribution in [1.29, 1.82) is 0 Å². The van der Waals surface area contributed by atoms with Crippen LogP contribution in [0.1, 0.15) is 381 Å². The lowest BCUT2D eigenvalue weighted by molar-refractivity contribution is -0.161. The number of carbonyl (C=O) groups is 4.